The first kappa shape index (κ1) is 25.0. The van der Waals surface area contributed by atoms with Crippen LogP contribution >= 0.6 is 22.9 Å². The van der Waals surface area contributed by atoms with Crippen molar-refractivity contribution in [1.82, 2.24) is 14.6 Å². The van der Waals surface area contributed by atoms with Crippen molar-refractivity contribution in [2.24, 2.45) is 5.73 Å². The predicted octanol–water partition coefficient (Wildman–Crippen LogP) is 3.45. The van der Waals surface area contributed by atoms with Gasteiger partial charge >= 0.3 is 0 Å². The minimum atomic E-state index is -0.918. The molecular weight excluding hydrogens is 514 g/mol. The lowest BCUT2D eigenvalue weighted by molar-refractivity contribution is -0.127. The molecule has 1 aliphatic carbocycles. The number of benzene rings is 1. The van der Waals surface area contributed by atoms with Crippen LogP contribution in [0.3, 0.4) is 0 Å². The van der Waals surface area contributed by atoms with E-state index in [1.807, 2.05) is 23.6 Å². The lowest BCUT2D eigenvalue weighted by Gasteiger charge is -2.32. The normalized spacial score (nSPS) is 15.8. The molecule has 37 heavy (non-hydrogen) atoms. The van der Waals surface area contributed by atoms with Gasteiger partial charge in [-0.05, 0) is 53.5 Å². The Morgan fingerprint density at radius 2 is 1.92 bits per heavy atom. The standard InChI is InChI=1S/C25H27N5O5S2/c26-19-20(23(27)31)29-37-22(19)25(33)30(12-14-8-9-16-17(11-14)35-13-34-16)21(18-7-4-10-36-18)24(32)28-15-5-2-1-3-6-15/h4,7-11,15,21H,1-3,5-6,12-13,26H2,(H2,27,31)(H,28,32). The molecule has 10 nitrogen and oxygen atoms in total. The number of carbonyl (C=O) groups is 3. The number of nitrogens with two attached hydrogens (primary N) is 2. The van der Waals surface area contributed by atoms with Gasteiger partial charge in [-0.25, -0.2) is 0 Å². The number of ether oxygens (including phenoxy) is 2. The Balaban J connectivity index is 1.53. The van der Waals surface area contributed by atoms with Crippen LogP contribution in [0, 0.1) is 0 Å². The highest BCUT2D eigenvalue weighted by atomic mass is 32.1. The molecule has 0 radical (unpaired) electrons. The Kier molecular flexibility index (Phi) is 7.28. The molecule has 5 N–H and O–H groups in total. The summed E-state index contributed by atoms with van der Waals surface area (Å²) in [5, 5.41) is 5.04. The summed E-state index contributed by atoms with van der Waals surface area (Å²) < 4.78 is 14.9. The molecule has 2 aromatic heterocycles. The fourth-order valence-corrected chi connectivity index (χ4v) is 6.27. The smallest absolute Gasteiger partial charge is 0.270 e. The Labute approximate surface area is 221 Å². The van der Waals surface area contributed by atoms with Crippen LogP contribution in [-0.2, 0) is 11.3 Å². The first-order chi connectivity index (χ1) is 17.9. The number of hydrogen-bond acceptors (Lipinski definition) is 9. The van der Waals surface area contributed by atoms with E-state index < -0.39 is 17.9 Å². The number of hydrogen-bond donors (Lipinski definition) is 3. The summed E-state index contributed by atoms with van der Waals surface area (Å²) in [7, 11) is 0. The van der Waals surface area contributed by atoms with Crippen LogP contribution in [0.5, 0.6) is 11.5 Å². The van der Waals surface area contributed by atoms with Crippen LogP contribution in [0.4, 0.5) is 5.69 Å². The van der Waals surface area contributed by atoms with Crippen molar-refractivity contribution < 1.29 is 23.9 Å². The van der Waals surface area contributed by atoms with E-state index in [2.05, 4.69) is 9.69 Å². The molecule has 0 saturated heterocycles. The molecule has 1 atom stereocenters. The van der Waals surface area contributed by atoms with Gasteiger partial charge in [0, 0.05) is 17.5 Å². The van der Waals surface area contributed by atoms with Gasteiger partial charge in [-0.3, -0.25) is 14.4 Å². The molecule has 1 unspecified atom stereocenters. The number of thiophene rings is 1. The molecule has 1 fully saturated rings. The first-order valence-electron chi connectivity index (χ1n) is 12.0. The van der Waals surface area contributed by atoms with Gasteiger partial charge in [-0.15, -0.1) is 11.3 Å². The second kappa shape index (κ2) is 10.8. The fraction of sp³-hybridized carbons (Fsp3) is 0.360. The van der Waals surface area contributed by atoms with Crippen molar-refractivity contribution >= 4 is 46.3 Å². The number of anilines is 1. The van der Waals surface area contributed by atoms with Crippen LogP contribution < -0.4 is 26.3 Å². The summed E-state index contributed by atoms with van der Waals surface area (Å²) in [4.78, 5) is 41.8. The topological polar surface area (TPSA) is 150 Å². The maximum absolute atomic E-state index is 14.0. The van der Waals surface area contributed by atoms with Crippen molar-refractivity contribution in [2.75, 3.05) is 12.5 Å². The summed E-state index contributed by atoms with van der Waals surface area (Å²) >= 11 is 2.18. The molecule has 12 heteroatoms. The molecule has 3 amide bonds. The van der Waals surface area contributed by atoms with Crippen LogP contribution in [-0.4, -0.2) is 39.8 Å². The van der Waals surface area contributed by atoms with E-state index in [1.165, 1.54) is 16.2 Å². The maximum atomic E-state index is 14.0. The number of nitrogens with zero attached hydrogens (tertiary/aromatic N) is 2. The Morgan fingerprint density at radius 1 is 1.14 bits per heavy atom. The summed E-state index contributed by atoms with van der Waals surface area (Å²) in [5.74, 6) is -0.416. The minimum Gasteiger partial charge on any atom is -0.454 e. The molecule has 1 aromatic carbocycles. The van der Waals surface area contributed by atoms with E-state index in [1.54, 1.807) is 12.1 Å². The second-order valence-corrected chi connectivity index (χ2v) is 10.8. The average Bonchev–Trinajstić information content (AvgIpc) is 3.65. The van der Waals surface area contributed by atoms with Crippen LogP contribution in [0.25, 0.3) is 0 Å². The number of rotatable bonds is 8. The zero-order valence-electron chi connectivity index (χ0n) is 20.0. The van der Waals surface area contributed by atoms with Gasteiger partial charge in [-0.1, -0.05) is 31.4 Å². The van der Waals surface area contributed by atoms with Crippen molar-refractivity contribution in [3.05, 3.63) is 56.7 Å². The van der Waals surface area contributed by atoms with Gasteiger partial charge in [0.05, 0.1) is 5.69 Å². The van der Waals surface area contributed by atoms with E-state index in [0.29, 0.717) is 16.4 Å². The van der Waals surface area contributed by atoms with Gasteiger partial charge in [-0.2, -0.15) is 4.37 Å². The zero-order chi connectivity index (χ0) is 25.9. The van der Waals surface area contributed by atoms with Gasteiger partial charge in [0.1, 0.15) is 10.9 Å². The summed E-state index contributed by atoms with van der Waals surface area (Å²) in [5.41, 5.74) is 12.0. The van der Waals surface area contributed by atoms with Gasteiger partial charge in [0.2, 0.25) is 12.7 Å². The highest BCUT2D eigenvalue weighted by Gasteiger charge is 2.36. The third-order valence-corrected chi connectivity index (χ3v) is 8.31. The number of amides is 3. The number of fused-ring (bicyclic) bond motifs is 1. The first-order valence-corrected chi connectivity index (χ1v) is 13.7. The van der Waals surface area contributed by atoms with Crippen molar-refractivity contribution in [1.29, 1.82) is 0 Å². The van der Waals surface area contributed by atoms with Crippen LogP contribution in [0.15, 0.2) is 35.7 Å². The second-order valence-electron chi connectivity index (χ2n) is 9.02. The van der Waals surface area contributed by atoms with Crippen molar-refractivity contribution in [2.45, 2.75) is 50.7 Å². The summed E-state index contributed by atoms with van der Waals surface area (Å²) in [6, 6.07) is 8.20. The van der Waals surface area contributed by atoms with E-state index in [0.717, 1.165) is 49.2 Å². The minimum absolute atomic E-state index is 0.0566. The quantitative estimate of drug-likeness (QED) is 0.395. The number of aromatic nitrogens is 1. The molecule has 1 saturated carbocycles. The average molecular weight is 542 g/mol. The molecular formula is C25H27N5O5S2. The zero-order valence-corrected chi connectivity index (χ0v) is 21.6. The molecule has 3 aromatic rings. The summed E-state index contributed by atoms with van der Waals surface area (Å²) in [6.45, 7) is 0.204. The third kappa shape index (κ3) is 5.25. The Morgan fingerprint density at radius 3 is 2.62 bits per heavy atom. The number of primary amides is 1. The molecule has 2 aliphatic rings. The number of nitrogen functional groups attached to an aromatic ring is 1. The number of nitrogens with one attached hydrogen (secondary N) is 1. The fourth-order valence-electron chi connectivity index (χ4n) is 4.67. The van der Waals surface area contributed by atoms with Gasteiger partial charge in [0.25, 0.3) is 11.8 Å². The van der Waals surface area contributed by atoms with Crippen molar-refractivity contribution in [3.8, 4) is 11.5 Å². The van der Waals surface area contributed by atoms with E-state index in [-0.39, 0.29) is 41.5 Å². The summed E-state index contributed by atoms with van der Waals surface area (Å²) in [6.07, 6.45) is 5.08. The molecule has 194 valence electrons. The van der Waals surface area contributed by atoms with Crippen LogP contribution in [0.2, 0.25) is 0 Å². The maximum Gasteiger partial charge on any atom is 0.270 e. The highest BCUT2D eigenvalue weighted by Crippen LogP contribution is 2.36. The molecule has 3 heterocycles. The molecule has 1 aliphatic heterocycles. The molecule has 0 spiro atoms. The van der Waals surface area contributed by atoms with E-state index >= 15 is 0 Å². The van der Waals surface area contributed by atoms with Gasteiger partial charge in [0.15, 0.2) is 17.2 Å². The van der Waals surface area contributed by atoms with E-state index in [4.69, 9.17) is 20.9 Å². The third-order valence-electron chi connectivity index (χ3n) is 6.53. The van der Waals surface area contributed by atoms with Crippen molar-refractivity contribution in [3.63, 3.8) is 0 Å². The lowest BCUT2D eigenvalue weighted by atomic mass is 9.95. The van der Waals surface area contributed by atoms with Crippen LogP contribution in [0.1, 0.15) is 68.7 Å². The predicted molar refractivity (Wildman–Crippen MR) is 140 cm³/mol. The lowest BCUT2D eigenvalue weighted by Crippen LogP contribution is -2.46. The highest BCUT2D eigenvalue weighted by molar-refractivity contribution is 7.10. The number of carbonyl (C=O) groups excluding carboxylic acids is 3. The van der Waals surface area contributed by atoms with Gasteiger partial charge < -0.3 is 31.2 Å². The molecule has 5 rings (SSSR count). The molecule has 0 bridgehead atoms. The Bertz CT molecular complexity index is 1300. The van der Waals surface area contributed by atoms with E-state index in [9.17, 15) is 14.4 Å². The Hall–Kier alpha value is -3.64. The SMILES string of the molecule is NC(=O)c1nsc(C(=O)N(Cc2ccc3c(c2)OCO3)C(C(=O)NC2CCCCC2)c2cccs2)c1N. The monoisotopic (exact) mass is 541 g/mol. The largest absolute Gasteiger partial charge is 0.454 e.